The molecule has 0 atom stereocenters. The average molecular weight is 746 g/mol. The van der Waals surface area contributed by atoms with Crippen LogP contribution < -0.4 is 0 Å². The van der Waals surface area contributed by atoms with Crippen LogP contribution >= 0.6 is 0 Å². The van der Waals surface area contributed by atoms with Crippen molar-refractivity contribution in [3.8, 4) is 0 Å². The van der Waals surface area contributed by atoms with Gasteiger partial charge in [-0.3, -0.25) is 4.79 Å². The van der Waals surface area contributed by atoms with Crippen molar-refractivity contribution in [2.24, 2.45) is 11.8 Å². The molecule has 4 aromatic carbocycles. The van der Waals surface area contributed by atoms with E-state index in [1.54, 1.807) is 0 Å². The standard InChI is InChI=1S/C25H13N2.C13H24O2.Ir/c1-2-7-16-15(6-1)14-20-19-10-5-9-18-17-8-3-4-11-21(17)27(25(18)19)22-12-13-26-24(16)23(20)22;1-5-10(6-2)12(14)9-13(15)11(7-3)8-4;/h1-6,8-14H;9-11,14H,5-8H2,1-4H3;/q-1;;/b;12-9-;. The first-order chi connectivity index (χ1) is 20.5. The second-order valence-corrected chi connectivity index (χ2v) is 11.2. The van der Waals surface area contributed by atoms with Crippen LogP contribution in [0.25, 0.3) is 59.8 Å². The summed E-state index contributed by atoms with van der Waals surface area (Å²) in [7, 11) is 0. The molecule has 5 heteroatoms. The number of fused-ring (bicyclic) bond motifs is 7. The molecule has 7 aromatic rings. The van der Waals surface area contributed by atoms with Crippen molar-refractivity contribution in [2.45, 2.75) is 53.4 Å². The van der Waals surface area contributed by atoms with Crippen LogP contribution in [0.2, 0.25) is 0 Å². The number of carbonyl (C=O) groups excluding carboxylic acids is 1. The van der Waals surface area contributed by atoms with Crippen molar-refractivity contribution in [1.29, 1.82) is 0 Å². The Hall–Kier alpha value is -3.79. The Labute approximate surface area is 266 Å². The van der Waals surface area contributed by atoms with Gasteiger partial charge in [-0.2, -0.15) is 0 Å². The monoisotopic (exact) mass is 746 g/mol. The minimum Gasteiger partial charge on any atom is -0.512 e. The molecule has 0 bridgehead atoms. The zero-order valence-electron chi connectivity index (χ0n) is 25.1. The molecular formula is C38H37IrN2O2-. The number of aromatic nitrogens is 2. The summed E-state index contributed by atoms with van der Waals surface area (Å²) in [6.45, 7) is 8.07. The Morgan fingerprint density at radius 3 is 2.23 bits per heavy atom. The van der Waals surface area contributed by atoms with Gasteiger partial charge in [0.05, 0.1) is 16.8 Å². The van der Waals surface area contributed by atoms with Crippen molar-refractivity contribution in [1.82, 2.24) is 9.38 Å². The molecule has 7 rings (SSSR count). The maximum atomic E-state index is 11.7. The van der Waals surface area contributed by atoms with Gasteiger partial charge in [0.2, 0.25) is 0 Å². The number of para-hydroxylation sites is 2. The minimum atomic E-state index is 0. The van der Waals surface area contributed by atoms with E-state index in [9.17, 15) is 9.90 Å². The van der Waals surface area contributed by atoms with Crippen LogP contribution in [0.5, 0.6) is 0 Å². The summed E-state index contributed by atoms with van der Waals surface area (Å²) >= 11 is 0. The fraction of sp³-hybridized carbons (Fsp3) is 0.263. The smallest absolute Gasteiger partial charge is 0.162 e. The molecule has 0 saturated carbocycles. The van der Waals surface area contributed by atoms with Crippen LogP contribution in [0, 0.1) is 17.9 Å². The normalized spacial score (nSPS) is 12.2. The molecular weight excluding hydrogens is 709 g/mol. The van der Waals surface area contributed by atoms with E-state index >= 15 is 0 Å². The summed E-state index contributed by atoms with van der Waals surface area (Å²) in [4.78, 5) is 16.5. The molecule has 0 spiro atoms. The first-order valence-electron chi connectivity index (χ1n) is 15.2. The number of aliphatic hydroxyl groups is 1. The minimum absolute atomic E-state index is 0. The summed E-state index contributed by atoms with van der Waals surface area (Å²) in [6.07, 6.45) is 6.83. The molecule has 0 unspecified atom stereocenters. The van der Waals surface area contributed by atoms with Gasteiger partial charge >= 0.3 is 0 Å². The van der Waals surface area contributed by atoms with Gasteiger partial charge in [0, 0.05) is 65.9 Å². The molecule has 0 aliphatic rings. The number of rotatable bonds is 7. The molecule has 3 heterocycles. The van der Waals surface area contributed by atoms with Gasteiger partial charge in [0.1, 0.15) is 0 Å². The van der Waals surface area contributed by atoms with Gasteiger partial charge in [-0.15, -0.1) is 35.0 Å². The van der Waals surface area contributed by atoms with Crippen LogP contribution in [0.4, 0.5) is 0 Å². The number of benzene rings is 4. The maximum absolute atomic E-state index is 11.7. The van der Waals surface area contributed by atoms with Crippen molar-refractivity contribution in [3.05, 3.63) is 96.9 Å². The topological polar surface area (TPSA) is 54.6 Å². The number of pyridine rings is 2. The second-order valence-electron chi connectivity index (χ2n) is 11.2. The SMILES string of the molecule is CCC(CC)C(=O)/C=C(\O)C(CC)CC.[Ir].[c-]1cccc2cc3c4cccc5c6ccccc6n(c6ccnc(c12)c36)c45. The molecule has 0 saturated heterocycles. The Bertz CT molecular complexity index is 2080. The number of allylic oxidation sites excluding steroid dienone is 2. The van der Waals surface area contributed by atoms with Crippen LogP contribution in [0.15, 0.2) is 90.8 Å². The van der Waals surface area contributed by atoms with Crippen molar-refractivity contribution >= 4 is 65.6 Å². The Morgan fingerprint density at radius 1 is 0.837 bits per heavy atom. The van der Waals surface area contributed by atoms with E-state index in [-0.39, 0.29) is 43.5 Å². The van der Waals surface area contributed by atoms with E-state index < -0.39 is 0 Å². The fourth-order valence-electron chi connectivity index (χ4n) is 6.57. The molecule has 221 valence electrons. The summed E-state index contributed by atoms with van der Waals surface area (Å²) in [6, 6.07) is 29.3. The van der Waals surface area contributed by atoms with Gasteiger partial charge in [-0.1, -0.05) is 70.2 Å². The Balaban J connectivity index is 0.000000201. The zero-order chi connectivity index (χ0) is 29.4. The number of nitrogens with zero attached hydrogens (tertiary/aromatic N) is 2. The third-order valence-corrected chi connectivity index (χ3v) is 8.93. The quantitative estimate of drug-likeness (QED) is 0.0581. The molecule has 0 amide bonds. The molecule has 0 fully saturated rings. The number of aliphatic hydroxyl groups excluding tert-OH is 1. The van der Waals surface area contributed by atoms with Crippen molar-refractivity contribution < 1.29 is 30.0 Å². The number of hydrogen-bond donors (Lipinski definition) is 1. The van der Waals surface area contributed by atoms with E-state index in [2.05, 4.69) is 71.1 Å². The van der Waals surface area contributed by atoms with Crippen molar-refractivity contribution in [3.63, 3.8) is 0 Å². The number of carbonyl (C=O) groups is 1. The molecule has 4 nitrogen and oxygen atoms in total. The van der Waals surface area contributed by atoms with Crippen molar-refractivity contribution in [2.75, 3.05) is 0 Å². The second kappa shape index (κ2) is 12.8. The molecule has 3 aromatic heterocycles. The van der Waals surface area contributed by atoms with Gasteiger partial charge < -0.3 is 14.5 Å². The largest absolute Gasteiger partial charge is 0.512 e. The molecule has 43 heavy (non-hydrogen) atoms. The third-order valence-electron chi connectivity index (χ3n) is 8.93. The predicted molar refractivity (Wildman–Crippen MR) is 177 cm³/mol. The van der Waals surface area contributed by atoms with Crippen LogP contribution in [-0.2, 0) is 24.9 Å². The maximum Gasteiger partial charge on any atom is 0.162 e. The van der Waals surface area contributed by atoms with E-state index in [4.69, 9.17) is 4.98 Å². The molecule has 0 aliphatic heterocycles. The number of hydrogen-bond acceptors (Lipinski definition) is 3. The zero-order valence-corrected chi connectivity index (χ0v) is 27.5. The molecule has 1 radical (unpaired) electrons. The average Bonchev–Trinajstić information content (AvgIpc) is 3.36. The van der Waals surface area contributed by atoms with E-state index in [1.165, 1.54) is 54.9 Å². The first kappa shape index (κ1) is 30.7. The fourth-order valence-corrected chi connectivity index (χ4v) is 6.57. The summed E-state index contributed by atoms with van der Waals surface area (Å²) in [5.41, 5.74) is 4.77. The first-order valence-corrected chi connectivity index (χ1v) is 15.2. The molecule has 1 N–H and O–H groups in total. The summed E-state index contributed by atoms with van der Waals surface area (Å²) < 4.78 is 2.41. The van der Waals surface area contributed by atoms with Gasteiger partial charge in [0.15, 0.2) is 5.78 Å². The summed E-state index contributed by atoms with van der Waals surface area (Å²) in [5.74, 6) is 0.547. The van der Waals surface area contributed by atoms with E-state index in [0.717, 1.165) is 36.6 Å². The predicted octanol–water partition coefficient (Wildman–Crippen LogP) is 10.2. The van der Waals surface area contributed by atoms with E-state index in [0.29, 0.717) is 0 Å². The Kier molecular flexibility index (Phi) is 9.15. The van der Waals surface area contributed by atoms with Crippen LogP contribution in [-0.4, -0.2) is 20.3 Å². The van der Waals surface area contributed by atoms with Crippen LogP contribution in [0.3, 0.4) is 0 Å². The van der Waals surface area contributed by atoms with Crippen LogP contribution in [0.1, 0.15) is 53.4 Å². The van der Waals surface area contributed by atoms with Gasteiger partial charge in [0.25, 0.3) is 0 Å². The van der Waals surface area contributed by atoms with Gasteiger partial charge in [-0.05, 0) is 54.1 Å². The summed E-state index contributed by atoms with van der Waals surface area (Å²) in [5, 5.41) is 18.4. The third kappa shape index (κ3) is 5.19. The van der Waals surface area contributed by atoms with E-state index in [1.807, 2.05) is 46.0 Å². The Morgan fingerprint density at radius 2 is 1.51 bits per heavy atom. The van der Waals surface area contributed by atoms with Gasteiger partial charge in [-0.25, -0.2) is 0 Å². The number of ketones is 1. The molecule has 0 aliphatic carbocycles.